The predicted octanol–water partition coefficient (Wildman–Crippen LogP) is 4.58. The van der Waals surface area contributed by atoms with Crippen LogP contribution in [-0.4, -0.2) is 12.0 Å². The van der Waals surface area contributed by atoms with E-state index in [1.807, 2.05) is 91.0 Å². The molecule has 1 aliphatic heterocycles. The van der Waals surface area contributed by atoms with Gasteiger partial charge >= 0.3 is 6.09 Å². The molecule has 1 heterocycles. The Balaban J connectivity index is 1.64. The number of hydrogen-bond acceptors (Lipinski definition) is 3. The summed E-state index contributed by atoms with van der Waals surface area (Å²) < 4.78 is 5.63. The molecule has 1 atom stereocenters. The van der Waals surface area contributed by atoms with E-state index < -0.39 is 12.2 Å². The molecule has 0 bridgehead atoms. The molecule has 29 heavy (non-hydrogen) atoms. The molecule has 144 valence electrons. The van der Waals surface area contributed by atoms with Crippen molar-refractivity contribution >= 4 is 17.7 Å². The third-order valence-corrected chi connectivity index (χ3v) is 4.63. The highest BCUT2D eigenvalue weighted by atomic mass is 16.6. The van der Waals surface area contributed by atoms with E-state index in [2.05, 4.69) is 5.32 Å². The Hall–Kier alpha value is -3.86. The first kappa shape index (κ1) is 18.5. The minimum Gasteiger partial charge on any atom is -0.434 e. The average molecular weight is 384 g/mol. The van der Waals surface area contributed by atoms with Crippen molar-refractivity contribution in [1.82, 2.24) is 5.32 Å². The monoisotopic (exact) mass is 384 g/mol. The fourth-order valence-electron chi connectivity index (χ4n) is 3.25. The second-order valence-corrected chi connectivity index (χ2v) is 6.62. The lowest BCUT2D eigenvalue weighted by atomic mass is 10.1. The van der Waals surface area contributed by atoms with E-state index in [0.29, 0.717) is 17.9 Å². The van der Waals surface area contributed by atoms with Crippen LogP contribution in [0.2, 0.25) is 0 Å². The molecule has 5 nitrogen and oxygen atoms in total. The lowest BCUT2D eigenvalue weighted by molar-refractivity contribution is -0.116. The molecule has 5 heteroatoms. The molecule has 1 aliphatic rings. The largest absolute Gasteiger partial charge is 0.434 e. The quantitative estimate of drug-likeness (QED) is 0.655. The topological polar surface area (TPSA) is 58.6 Å². The Morgan fingerprint density at radius 2 is 1.48 bits per heavy atom. The Morgan fingerprint density at radius 3 is 2.14 bits per heavy atom. The molecule has 1 unspecified atom stereocenters. The summed E-state index contributed by atoms with van der Waals surface area (Å²) in [5, 5.41) is 2.88. The van der Waals surface area contributed by atoms with Crippen LogP contribution in [0.1, 0.15) is 17.2 Å². The summed E-state index contributed by atoms with van der Waals surface area (Å²) >= 11 is 0. The lowest BCUT2D eigenvalue weighted by Crippen LogP contribution is -2.26. The van der Waals surface area contributed by atoms with Crippen LogP contribution >= 0.6 is 0 Å². The minimum atomic E-state index is -0.647. The molecule has 0 spiro atoms. The van der Waals surface area contributed by atoms with Gasteiger partial charge in [0.2, 0.25) is 5.91 Å². The molecule has 0 saturated carbocycles. The van der Waals surface area contributed by atoms with Gasteiger partial charge in [-0.1, -0.05) is 78.9 Å². The Kier molecular flexibility index (Phi) is 5.38. The molecule has 4 rings (SSSR count). The number of nitrogens with zero attached hydrogens (tertiary/aromatic N) is 1. The van der Waals surface area contributed by atoms with E-state index in [-0.39, 0.29) is 5.91 Å². The molecule has 3 aromatic rings. The fraction of sp³-hybridized carbons (Fsp3) is 0.0833. The third-order valence-electron chi connectivity index (χ3n) is 4.63. The van der Waals surface area contributed by atoms with Crippen molar-refractivity contribution in [3.8, 4) is 0 Å². The first-order chi connectivity index (χ1) is 14.2. The van der Waals surface area contributed by atoms with E-state index >= 15 is 0 Å². The third kappa shape index (κ3) is 4.19. The number of para-hydroxylation sites is 1. The summed E-state index contributed by atoms with van der Waals surface area (Å²) in [4.78, 5) is 26.8. The van der Waals surface area contributed by atoms with Crippen molar-refractivity contribution in [2.75, 3.05) is 4.90 Å². The standard InChI is InChI=1S/C24H20N2O3/c27-22(25-17-18-10-4-1-5-11-18)16-21-23(19-12-6-2-7-13-19)29-24(28)26(21)20-14-8-3-9-15-20/h1-16,23H,17H2,(H,25,27)/b21-16-. The zero-order valence-electron chi connectivity index (χ0n) is 15.7. The summed E-state index contributed by atoms with van der Waals surface area (Å²) in [5.74, 6) is -0.288. The molecule has 0 aromatic heterocycles. The minimum absolute atomic E-state index is 0.288. The number of nitrogens with one attached hydrogen (secondary N) is 1. The van der Waals surface area contributed by atoms with Crippen LogP contribution in [0.3, 0.4) is 0 Å². The van der Waals surface area contributed by atoms with E-state index in [1.165, 1.54) is 11.0 Å². The first-order valence-electron chi connectivity index (χ1n) is 9.36. The summed E-state index contributed by atoms with van der Waals surface area (Å²) in [6.45, 7) is 0.402. The molecule has 0 aliphatic carbocycles. The van der Waals surface area contributed by atoms with E-state index in [9.17, 15) is 9.59 Å². The molecule has 1 N–H and O–H groups in total. The van der Waals surface area contributed by atoms with Crippen molar-refractivity contribution in [3.05, 3.63) is 114 Å². The highest BCUT2D eigenvalue weighted by molar-refractivity contribution is 5.98. The van der Waals surface area contributed by atoms with Gasteiger partial charge in [-0.05, 0) is 23.3 Å². The van der Waals surface area contributed by atoms with Crippen molar-refractivity contribution in [1.29, 1.82) is 0 Å². The smallest absolute Gasteiger partial charge is 0.419 e. The van der Waals surface area contributed by atoms with Gasteiger partial charge in [0.1, 0.15) is 0 Å². The van der Waals surface area contributed by atoms with E-state index in [0.717, 1.165) is 11.1 Å². The van der Waals surface area contributed by atoms with Crippen LogP contribution in [0.15, 0.2) is 103 Å². The van der Waals surface area contributed by atoms with Gasteiger partial charge in [-0.2, -0.15) is 0 Å². The molecule has 0 radical (unpaired) electrons. The maximum atomic E-state index is 12.7. The second kappa shape index (κ2) is 8.44. The summed E-state index contributed by atoms with van der Waals surface area (Å²) in [7, 11) is 0. The van der Waals surface area contributed by atoms with Crippen LogP contribution in [-0.2, 0) is 16.1 Å². The molecule has 3 aromatic carbocycles. The Bertz CT molecular complexity index is 1020. The van der Waals surface area contributed by atoms with Gasteiger partial charge in [0.25, 0.3) is 0 Å². The van der Waals surface area contributed by atoms with Crippen LogP contribution in [0.4, 0.5) is 10.5 Å². The van der Waals surface area contributed by atoms with Crippen LogP contribution < -0.4 is 10.2 Å². The molecule has 1 fully saturated rings. The molecular weight excluding hydrogens is 364 g/mol. The van der Waals surface area contributed by atoms with Crippen LogP contribution in [0.5, 0.6) is 0 Å². The SMILES string of the molecule is O=C(/C=C1/C(c2ccccc2)OC(=O)N1c1ccccc1)NCc1ccccc1. The summed E-state index contributed by atoms with van der Waals surface area (Å²) in [6, 6.07) is 28.2. The summed E-state index contributed by atoms with van der Waals surface area (Å²) in [5.41, 5.74) is 2.94. The van der Waals surface area contributed by atoms with Crippen molar-refractivity contribution in [2.24, 2.45) is 0 Å². The molecular formula is C24H20N2O3. The molecule has 2 amide bonds. The fourth-order valence-corrected chi connectivity index (χ4v) is 3.25. The van der Waals surface area contributed by atoms with Gasteiger partial charge in [0.15, 0.2) is 6.10 Å². The number of carbonyl (C=O) groups is 2. The Morgan fingerprint density at radius 1 is 0.897 bits per heavy atom. The lowest BCUT2D eigenvalue weighted by Gasteiger charge is -2.17. The highest BCUT2D eigenvalue weighted by Gasteiger charge is 2.39. The number of anilines is 1. The number of rotatable bonds is 5. The van der Waals surface area contributed by atoms with Gasteiger partial charge in [0.05, 0.1) is 11.4 Å². The van der Waals surface area contributed by atoms with Gasteiger partial charge < -0.3 is 10.1 Å². The zero-order chi connectivity index (χ0) is 20.1. The normalized spacial score (nSPS) is 17.2. The van der Waals surface area contributed by atoms with Gasteiger partial charge in [-0.25, -0.2) is 9.69 Å². The number of ether oxygens (including phenoxy) is 1. The second-order valence-electron chi connectivity index (χ2n) is 6.62. The van der Waals surface area contributed by atoms with Gasteiger partial charge in [-0.3, -0.25) is 4.79 Å². The number of hydrogen-bond donors (Lipinski definition) is 1. The highest BCUT2D eigenvalue weighted by Crippen LogP contribution is 2.38. The maximum absolute atomic E-state index is 12.7. The number of benzene rings is 3. The maximum Gasteiger partial charge on any atom is 0.419 e. The molecule has 1 saturated heterocycles. The van der Waals surface area contributed by atoms with Crippen molar-refractivity contribution < 1.29 is 14.3 Å². The van der Waals surface area contributed by atoms with Crippen LogP contribution in [0.25, 0.3) is 0 Å². The number of carbonyl (C=O) groups excluding carboxylic acids is 2. The zero-order valence-corrected chi connectivity index (χ0v) is 15.7. The van der Waals surface area contributed by atoms with Gasteiger partial charge in [-0.15, -0.1) is 0 Å². The van der Waals surface area contributed by atoms with E-state index in [4.69, 9.17) is 4.74 Å². The Labute approximate surface area is 169 Å². The van der Waals surface area contributed by atoms with Crippen molar-refractivity contribution in [3.63, 3.8) is 0 Å². The van der Waals surface area contributed by atoms with Gasteiger partial charge in [0, 0.05) is 12.6 Å². The first-order valence-corrected chi connectivity index (χ1v) is 9.36. The number of cyclic esters (lactones) is 1. The van der Waals surface area contributed by atoms with Crippen molar-refractivity contribution in [2.45, 2.75) is 12.6 Å². The predicted molar refractivity (Wildman–Crippen MR) is 111 cm³/mol. The summed E-state index contributed by atoms with van der Waals surface area (Å²) in [6.07, 6.45) is 0.289. The van der Waals surface area contributed by atoms with Crippen LogP contribution in [0, 0.1) is 0 Å². The average Bonchev–Trinajstić information content (AvgIpc) is 3.10. The van der Waals surface area contributed by atoms with E-state index in [1.54, 1.807) is 0 Å². The number of amides is 2.